The molecule has 0 aliphatic carbocycles. The Labute approximate surface area is 171 Å². The fourth-order valence-electron chi connectivity index (χ4n) is 2.43. The molecule has 1 aliphatic rings. The molecule has 3 nitrogen and oxygen atoms in total. The molecular weight excluding hydrogens is 430 g/mol. The summed E-state index contributed by atoms with van der Waals surface area (Å²) in [5.74, 6) is 0.663. The van der Waals surface area contributed by atoms with Gasteiger partial charge in [-0.2, -0.15) is 0 Å². The van der Waals surface area contributed by atoms with Crippen molar-refractivity contribution >= 4 is 61.9 Å². The lowest BCUT2D eigenvalue weighted by Crippen LogP contribution is -2.27. The molecule has 134 valence electrons. The first kappa shape index (κ1) is 19.1. The molecule has 3 rings (SSSR count). The minimum absolute atomic E-state index is 0.110. The van der Waals surface area contributed by atoms with E-state index in [-0.39, 0.29) is 12.0 Å². The van der Waals surface area contributed by atoms with E-state index >= 15 is 0 Å². The van der Waals surface area contributed by atoms with E-state index in [9.17, 15) is 4.79 Å². The smallest absolute Gasteiger partial charge is 0.270 e. The summed E-state index contributed by atoms with van der Waals surface area (Å²) >= 11 is 10.1. The fraction of sp³-hybridized carbons (Fsp3) is 0.200. The SMILES string of the molecule is CCC(C)Oc1ccccc1C=C1SC(=S)N(c2ccc(Br)cc2)C1=O. The fourth-order valence-corrected chi connectivity index (χ4v) is 3.98. The minimum atomic E-state index is -0.110. The van der Waals surface area contributed by atoms with Crippen molar-refractivity contribution < 1.29 is 9.53 Å². The van der Waals surface area contributed by atoms with Crippen molar-refractivity contribution in [2.45, 2.75) is 26.4 Å². The van der Waals surface area contributed by atoms with Crippen molar-refractivity contribution in [3.63, 3.8) is 0 Å². The lowest BCUT2D eigenvalue weighted by molar-refractivity contribution is -0.113. The number of nitrogens with zero attached hydrogens (tertiary/aromatic N) is 1. The largest absolute Gasteiger partial charge is 0.490 e. The summed E-state index contributed by atoms with van der Waals surface area (Å²) in [5, 5.41) is 0. The molecule has 1 saturated heterocycles. The Hall–Kier alpha value is -1.63. The van der Waals surface area contributed by atoms with Gasteiger partial charge < -0.3 is 4.74 Å². The molecule has 6 heteroatoms. The topological polar surface area (TPSA) is 29.5 Å². The number of thiocarbonyl (C=S) groups is 1. The zero-order chi connectivity index (χ0) is 18.7. The van der Waals surface area contributed by atoms with Crippen LogP contribution in [0.5, 0.6) is 5.75 Å². The highest BCUT2D eigenvalue weighted by Crippen LogP contribution is 2.37. The van der Waals surface area contributed by atoms with Gasteiger partial charge in [0.15, 0.2) is 4.32 Å². The van der Waals surface area contributed by atoms with Crippen molar-refractivity contribution in [1.82, 2.24) is 0 Å². The maximum absolute atomic E-state index is 12.9. The number of hydrogen-bond acceptors (Lipinski definition) is 4. The second-order valence-corrected chi connectivity index (χ2v) is 8.46. The van der Waals surface area contributed by atoms with E-state index in [1.807, 2.05) is 61.5 Å². The average molecular weight is 448 g/mol. The van der Waals surface area contributed by atoms with Gasteiger partial charge in [0.25, 0.3) is 5.91 Å². The van der Waals surface area contributed by atoms with Gasteiger partial charge >= 0.3 is 0 Å². The van der Waals surface area contributed by atoms with E-state index in [0.29, 0.717) is 9.23 Å². The number of benzene rings is 2. The summed E-state index contributed by atoms with van der Waals surface area (Å²) < 4.78 is 7.46. The third-order valence-electron chi connectivity index (χ3n) is 3.99. The number of carbonyl (C=O) groups is 1. The Morgan fingerprint density at radius 1 is 1.23 bits per heavy atom. The second kappa shape index (κ2) is 8.37. The first-order chi connectivity index (χ1) is 12.5. The van der Waals surface area contributed by atoms with Crippen LogP contribution in [0.4, 0.5) is 5.69 Å². The highest BCUT2D eigenvalue weighted by atomic mass is 79.9. The van der Waals surface area contributed by atoms with Crippen molar-refractivity contribution in [2.75, 3.05) is 4.90 Å². The van der Waals surface area contributed by atoms with E-state index in [2.05, 4.69) is 22.9 Å². The molecule has 2 aromatic carbocycles. The van der Waals surface area contributed by atoms with Crippen LogP contribution < -0.4 is 9.64 Å². The number of halogens is 1. The second-order valence-electron chi connectivity index (χ2n) is 5.87. The predicted molar refractivity (Wildman–Crippen MR) is 117 cm³/mol. The van der Waals surface area contributed by atoms with E-state index in [4.69, 9.17) is 17.0 Å². The quantitative estimate of drug-likeness (QED) is 0.413. The van der Waals surface area contributed by atoms with E-state index < -0.39 is 0 Å². The minimum Gasteiger partial charge on any atom is -0.490 e. The van der Waals surface area contributed by atoms with Crippen molar-refractivity contribution in [3.05, 3.63) is 63.5 Å². The molecule has 0 aromatic heterocycles. The van der Waals surface area contributed by atoms with Crippen LogP contribution in [0.15, 0.2) is 57.9 Å². The number of thioether (sulfide) groups is 1. The number of amides is 1. The van der Waals surface area contributed by atoms with Gasteiger partial charge in [0.2, 0.25) is 0 Å². The lowest BCUT2D eigenvalue weighted by Gasteiger charge is -2.15. The van der Waals surface area contributed by atoms with Crippen LogP contribution in [-0.2, 0) is 4.79 Å². The zero-order valence-electron chi connectivity index (χ0n) is 14.4. The van der Waals surface area contributed by atoms with Gasteiger partial charge in [0.1, 0.15) is 5.75 Å². The van der Waals surface area contributed by atoms with Gasteiger partial charge in [-0.05, 0) is 49.8 Å². The van der Waals surface area contributed by atoms with E-state index in [0.717, 1.165) is 27.9 Å². The van der Waals surface area contributed by atoms with Crippen molar-refractivity contribution in [1.29, 1.82) is 0 Å². The summed E-state index contributed by atoms with van der Waals surface area (Å²) in [6.07, 6.45) is 2.89. The number of carbonyl (C=O) groups excluding carboxylic acids is 1. The standard InChI is InChI=1S/C20H18BrNO2S2/c1-3-13(2)24-17-7-5-4-6-14(17)12-18-19(23)22(20(25)26-18)16-10-8-15(21)9-11-16/h4-13H,3H2,1-2H3. The van der Waals surface area contributed by atoms with Crippen LogP contribution in [0.25, 0.3) is 6.08 Å². The van der Waals surface area contributed by atoms with E-state index in [1.54, 1.807) is 4.90 Å². The highest BCUT2D eigenvalue weighted by molar-refractivity contribution is 9.10. The van der Waals surface area contributed by atoms with Crippen LogP contribution in [-0.4, -0.2) is 16.3 Å². The monoisotopic (exact) mass is 447 g/mol. The molecule has 0 bridgehead atoms. The lowest BCUT2D eigenvalue weighted by atomic mass is 10.1. The van der Waals surface area contributed by atoms with Crippen molar-refractivity contribution in [2.24, 2.45) is 0 Å². The molecule has 0 spiro atoms. The molecule has 1 fully saturated rings. The number of hydrogen-bond donors (Lipinski definition) is 0. The predicted octanol–water partition coefficient (Wildman–Crippen LogP) is 6.03. The molecule has 1 atom stereocenters. The third-order valence-corrected chi connectivity index (χ3v) is 5.82. The first-order valence-corrected chi connectivity index (χ1v) is 10.3. The molecule has 0 saturated carbocycles. The van der Waals surface area contributed by atoms with E-state index in [1.165, 1.54) is 11.8 Å². The average Bonchev–Trinajstić information content (AvgIpc) is 2.91. The summed E-state index contributed by atoms with van der Waals surface area (Å²) in [5.41, 5.74) is 1.65. The summed E-state index contributed by atoms with van der Waals surface area (Å²) in [7, 11) is 0. The van der Waals surface area contributed by atoms with Gasteiger partial charge in [-0.15, -0.1) is 0 Å². The maximum Gasteiger partial charge on any atom is 0.270 e. The third kappa shape index (κ3) is 4.19. The molecule has 1 amide bonds. The van der Waals surface area contributed by atoms with Gasteiger partial charge in [-0.1, -0.05) is 65.0 Å². The van der Waals surface area contributed by atoms with Crippen LogP contribution in [0, 0.1) is 0 Å². The normalized spacial score (nSPS) is 17.0. The molecule has 1 aliphatic heterocycles. The summed E-state index contributed by atoms with van der Waals surface area (Å²) in [4.78, 5) is 15.1. The molecular formula is C20H18BrNO2S2. The molecule has 1 unspecified atom stereocenters. The molecule has 0 N–H and O–H groups in total. The maximum atomic E-state index is 12.9. The summed E-state index contributed by atoms with van der Waals surface area (Å²) in [6, 6.07) is 15.3. The van der Waals surface area contributed by atoms with Crippen LogP contribution in [0.3, 0.4) is 0 Å². The number of anilines is 1. The van der Waals surface area contributed by atoms with Crippen LogP contribution in [0.2, 0.25) is 0 Å². The zero-order valence-corrected chi connectivity index (χ0v) is 17.7. The van der Waals surface area contributed by atoms with Crippen LogP contribution >= 0.6 is 39.9 Å². The first-order valence-electron chi connectivity index (χ1n) is 8.28. The number of ether oxygens (including phenoxy) is 1. The van der Waals surface area contributed by atoms with Gasteiger partial charge in [-0.3, -0.25) is 9.69 Å². The number of rotatable bonds is 5. The van der Waals surface area contributed by atoms with Crippen LogP contribution in [0.1, 0.15) is 25.8 Å². The Morgan fingerprint density at radius 3 is 2.62 bits per heavy atom. The van der Waals surface area contributed by atoms with Crippen molar-refractivity contribution in [3.8, 4) is 5.75 Å². The van der Waals surface area contributed by atoms with Gasteiger partial charge in [-0.25, -0.2) is 0 Å². The Morgan fingerprint density at radius 2 is 1.92 bits per heavy atom. The highest BCUT2D eigenvalue weighted by Gasteiger charge is 2.33. The molecule has 1 heterocycles. The number of para-hydroxylation sites is 1. The molecule has 0 radical (unpaired) electrons. The Bertz CT molecular complexity index is 864. The molecule has 2 aromatic rings. The summed E-state index contributed by atoms with van der Waals surface area (Å²) in [6.45, 7) is 4.11. The van der Waals surface area contributed by atoms with Gasteiger partial charge in [0.05, 0.1) is 16.7 Å². The Balaban J connectivity index is 1.90. The Kier molecular flexibility index (Phi) is 6.16. The van der Waals surface area contributed by atoms with Gasteiger partial charge in [0, 0.05) is 10.0 Å². The molecule has 26 heavy (non-hydrogen) atoms.